The molecular weight excluding hydrogens is 247 g/mol. The van der Waals surface area contributed by atoms with Gasteiger partial charge in [-0.2, -0.15) is 13.2 Å². The maximum Gasteiger partial charge on any atom is 0.411 e. The third kappa shape index (κ3) is 5.05. The quantitative estimate of drug-likeness (QED) is 0.769. The number of ether oxygens (including phenoxy) is 1. The van der Waals surface area contributed by atoms with E-state index < -0.39 is 18.8 Å². The van der Waals surface area contributed by atoms with Crippen LogP contribution in [0.1, 0.15) is 31.6 Å². The van der Waals surface area contributed by atoms with Gasteiger partial charge in [-0.15, -0.1) is 0 Å². The van der Waals surface area contributed by atoms with E-state index in [0.29, 0.717) is 12.2 Å². The second-order valence-electron chi connectivity index (χ2n) is 4.04. The molecule has 0 aromatic carbocycles. The molecule has 1 rings (SSSR count). The number of hydrogen-bond acceptors (Lipinski definition) is 3. The Morgan fingerprint density at radius 3 is 2.83 bits per heavy atom. The first-order chi connectivity index (χ1) is 8.44. The van der Waals surface area contributed by atoms with E-state index >= 15 is 0 Å². The summed E-state index contributed by atoms with van der Waals surface area (Å²) < 4.78 is 42.0. The highest BCUT2D eigenvalue weighted by atomic mass is 19.4. The summed E-state index contributed by atoms with van der Waals surface area (Å²) in [5, 5.41) is 0. The second kappa shape index (κ2) is 6.75. The number of nitrogens with two attached hydrogens (primary N) is 1. The first-order valence-corrected chi connectivity index (χ1v) is 5.85. The third-order valence-electron chi connectivity index (χ3n) is 2.38. The first-order valence-electron chi connectivity index (χ1n) is 5.85. The second-order valence-corrected chi connectivity index (χ2v) is 4.04. The summed E-state index contributed by atoms with van der Waals surface area (Å²) in [4.78, 5) is 4.12. The predicted octanol–water partition coefficient (Wildman–Crippen LogP) is 2.26. The van der Waals surface area contributed by atoms with E-state index in [2.05, 4.69) is 9.72 Å². The van der Waals surface area contributed by atoms with Crippen LogP contribution in [0.3, 0.4) is 0 Å². The van der Waals surface area contributed by atoms with Gasteiger partial charge < -0.3 is 15.0 Å². The maximum absolute atomic E-state index is 11.8. The Balaban J connectivity index is 2.36. The SMILES string of the molecule is CCCn1ccnc1C(N)CCOCC(F)(F)F. The summed E-state index contributed by atoms with van der Waals surface area (Å²) in [6, 6.07) is -0.403. The minimum absolute atomic E-state index is 0.0281. The lowest BCUT2D eigenvalue weighted by Crippen LogP contribution is -2.21. The summed E-state index contributed by atoms with van der Waals surface area (Å²) in [6.45, 7) is 1.57. The van der Waals surface area contributed by atoms with Crippen molar-refractivity contribution in [3.8, 4) is 0 Å². The molecule has 0 aliphatic rings. The molecule has 1 unspecified atom stereocenters. The van der Waals surface area contributed by atoms with E-state index in [1.54, 1.807) is 6.20 Å². The van der Waals surface area contributed by atoms with Crippen LogP contribution >= 0.6 is 0 Å². The lowest BCUT2D eigenvalue weighted by atomic mass is 10.2. The zero-order valence-corrected chi connectivity index (χ0v) is 10.3. The first kappa shape index (κ1) is 15.0. The van der Waals surface area contributed by atoms with Gasteiger partial charge >= 0.3 is 6.18 Å². The summed E-state index contributed by atoms with van der Waals surface area (Å²) in [5.74, 6) is 0.687. The Kier molecular flexibility index (Phi) is 5.61. The molecule has 0 aliphatic carbocycles. The van der Waals surface area contributed by atoms with Crippen LogP contribution in [0.2, 0.25) is 0 Å². The molecule has 0 amide bonds. The van der Waals surface area contributed by atoms with E-state index in [0.717, 1.165) is 13.0 Å². The Morgan fingerprint density at radius 1 is 1.50 bits per heavy atom. The fourth-order valence-corrected chi connectivity index (χ4v) is 1.61. The molecule has 0 bridgehead atoms. The van der Waals surface area contributed by atoms with Gasteiger partial charge in [0.1, 0.15) is 12.4 Å². The third-order valence-corrected chi connectivity index (χ3v) is 2.38. The molecule has 18 heavy (non-hydrogen) atoms. The topological polar surface area (TPSA) is 53.1 Å². The molecule has 0 saturated carbocycles. The molecule has 4 nitrogen and oxygen atoms in total. The van der Waals surface area contributed by atoms with Crippen molar-refractivity contribution < 1.29 is 17.9 Å². The van der Waals surface area contributed by atoms with Crippen molar-refractivity contribution in [2.24, 2.45) is 5.73 Å². The number of halogens is 3. The standard InChI is InChI=1S/C11H18F3N3O/c1-2-5-17-6-4-16-10(17)9(15)3-7-18-8-11(12,13)14/h4,6,9H,2-3,5,7-8,15H2,1H3. The van der Waals surface area contributed by atoms with E-state index in [4.69, 9.17) is 5.73 Å². The van der Waals surface area contributed by atoms with Crippen LogP contribution in [-0.4, -0.2) is 28.9 Å². The van der Waals surface area contributed by atoms with Gasteiger partial charge in [0.05, 0.1) is 6.04 Å². The highest BCUT2D eigenvalue weighted by molar-refractivity contribution is 4.98. The van der Waals surface area contributed by atoms with Crippen molar-refractivity contribution >= 4 is 0 Å². The molecule has 1 aromatic rings. The highest BCUT2D eigenvalue weighted by Gasteiger charge is 2.27. The predicted molar refractivity (Wildman–Crippen MR) is 60.9 cm³/mol. The van der Waals surface area contributed by atoms with Crippen molar-refractivity contribution in [2.45, 2.75) is 38.5 Å². The molecule has 0 spiro atoms. The van der Waals surface area contributed by atoms with Crippen LogP contribution in [0.5, 0.6) is 0 Å². The molecule has 2 N–H and O–H groups in total. The van der Waals surface area contributed by atoms with E-state index in [-0.39, 0.29) is 6.61 Å². The zero-order valence-electron chi connectivity index (χ0n) is 10.3. The van der Waals surface area contributed by atoms with E-state index in [1.165, 1.54) is 0 Å². The highest BCUT2D eigenvalue weighted by Crippen LogP contribution is 2.16. The summed E-state index contributed by atoms with van der Waals surface area (Å²) in [7, 11) is 0. The van der Waals surface area contributed by atoms with Gasteiger partial charge in [-0.3, -0.25) is 0 Å². The number of aromatic nitrogens is 2. The van der Waals surface area contributed by atoms with Gasteiger partial charge in [-0.1, -0.05) is 6.92 Å². The molecule has 1 atom stereocenters. The lowest BCUT2D eigenvalue weighted by molar-refractivity contribution is -0.174. The summed E-state index contributed by atoms with van der Waals surface area (Å²) >= 11 is 0. The molecule has 7 heteroatoms. The normalized spacial score (nSPS) is 13.8. The fraction of sp³-hybridized carbons (Fsp3) is 0.727. The smallest absolute Gasteiger partial charge is 0.372 e. The number of imidazole rings is 1. The molecule has 1 heterocycles. The van der Waals surface area contributed by atoms with Crippen LogP contribution in [0.15, 0.2) is 12.4 Å². The van der Waals surface area contributed by atoms with Gasteiger partial charge in [0, 0.05) is 25.5 Å². The molecule has 0 fully saturated rings. The summed E-state index contributed by atoms with van der Waals surface area (Å²) in [6.07, 6.45) is 0.429. The van der Waals surface area contributed by atoms with Crippen LogP contribution in [0.4, 0.5) is 13.2 Å². The minimum Gasteiger partial charge on any atom is -0.372 e. The van der Waals surface area contributed by atoms with Crippen LogP contribution in [0.25, 0.3) is 0 Å². The van der Waals surface area contributed by atoms with Crippen molar-refractivity contribution in [2.75, 3.05) is 13.2 Å². The molecule has 0 aliphatic heterocycles. The van der Waals surface area contributed by atoms with Crippen LogP contribution < -0.4 is 5.73 Å². The Labute approximate surface area is 104 Å². The van der Waals surface area contributed by atoms with Crippen LogP contribution in [0, 0.1) is 0 Å². The maximum atomic E-state index is 11.8. The van der Waals surface area contributed by atoms with Gasteiger partial charge in [0.25, 0.3) is 0 Å². The lowest BCUT2D eigenvalue weighted by Gasteiger charge is -2.14. The Bertz CT molecular complexity index is 352. The zero-order chi connectivity index (χ0) is 13.6. The number of hydrogen-bond donors (Lipinski definition) is 1. The van der Waals surface area contributed by atoms with Crippen molar-refractivity contribution in [3.05, 3.63) is 18.2 Å². The van der Waals surface area contributed by atoms with Gasteiger partial charge in [-0.05, 0) is 12.8 Å². The molecule has 0 radical (unpaired) electrons. The van der Waals surface area contributed by atoms with Crippen molar-refractivity contribution in [3.63, 3.8) is 0 Å². The van der Waals surface area contributed by atoms with Crippen LogP contribution in [-0.2, 0) is 11.3 Å². The Morgan fingerprint density at radius 2 is 2.22 bits per heavy atom. The van der Waals surface area contributed by atoms with E-state index in [9.17, 15) is 13.2 Å². The molecule has 1 aromatic heterocycles. The largest absolute Gasteiger partial charge is 0.411 e. The van der Waals surface area contributed by atoms with Gasteiger partial charge in [0.2, 0.25) is 0 Å². The minimum atomic E-state index is -4.29. The summed E-state index contributed by atoms with van der Waals surface area (Å²) in [5.41, 5.74) is 5.88. The average molecular weight is 265 g/mol. The monoisotopic (exact) mass is 265 g/mol. The number of alkyl halides is 3. The molecular formula is C11H18F3N3O. The average Bonchev–Trinajstić information content (AvgIpc) is 2.71. The van der Waals surface area contributed by atoms with Gasteiger partial charge in [-0.25, -0.2) is 4.98 Å². The van der Waals surface area contributed by atoms with Crippen molar-refractivity contribution in [1.29, 1.82) is 0 Å². The van der Waals surface area contributed by atoms with E-state index in [1.807, 2.05) is 17.7 Å². The molecule has 104 valence electrons. The Hall–Kier alpha value is -1.08. The molecule has 0 saturated heterocycles. The van der Waals surface area contributed by atoms with Crippen molar-refractivity contribution in [1.82, 2.24) is 9.55 Å². The number of aryl methyl sites for hydroxylation is 1. The fourth-order valence-electron chi connectivity index (χ4n) is 1.61. The number of nitrogens with zero attached hydrogens (tertiary/aromatic N) is 2. The number of rotatable bonds is 7. The van der Waals surface area contributed by atoms with Gasteiger partial charge in [0.15, 0.2) is 0 Å².